The first-order valence-electron chi connectivity index (χ1n) is 7.03. The minimum atomic E-state index is -0.0669. The SMILES string of the molecule is CCNC(=NCc1cccc(NC(C)=O)c1)NCCSC.I. The van der Waals surface area contributed by atoms with Crippen LogP contribution in [0, 0.1) is 0 Å². The van der Waals surface area contributed by atoms with E-state index in [0.29, 0.717) is 6.54 Å². The van der Waals surface area contributed by atoms with E-state index in [1.807, 2.05) is 31.2 Å². The highest BCUT2D eigenvalue weighted by molar-refractivity contribution is 14.0. The van der Waals surface area contributed by atoms with E-state index in [9.17, 15) is 4.79 Å². The smallest absolute Gasteiger partial charge is 0.221 e. The Labute approximate surface area is 154 Å². The summed E-state index contributed by atoms with van der Waals surface area (Å²) in [5.41, 5.74) is 1.86. The number of halogens is 1. The lowest BCUT2D eigenvalue weighted by Gasteiger charge is -2.11. The van der Waals surface area contributed by atoms with Crippen LogP contribution in [0.1, 0.15) is 19.4 Å². The second kappa shape index (κ2) is 12.6. The van der Waals surface area contributed by atoms with Crippen LogP contribution in [-0.4, -0.2) is 37.0 Å². The Morgan fingerprint density at radius 3 is 2.73 bits per heavy atom. The third-order valence-corrected chi connectivity index (χ3v) is 3.22. The molecule has 1 aromatic carbocycles. The number of thioether (sulfide) groups is 1. The summed E-state index contributed by atoms with van der Waals surface area (Å²) >= 11 is 1.80. The number of nitrogens with zero attached hydrogens (tertiary/aromatic N) is 1. The lowest BCUT2D eigenvalue weighted by atomic mass is 10.2. The van der Waals surface area contributed by atoms with E-state index in [0.717, 1.165) is 36.1 Å². The van der Waals surface area contributed by atoms with Crippen LogP contribution in [0.25, 0.3) is 0 Å². The van der Waals surface area contributed by atoms with E-state index in [-0.39, 0.29) is 29.9 Å². The highest BCUT2D eigenvalue weighted by Crippen LogP contribution is 2.11. The summed E-state index contributed by atoms with van der Waals surface area (Å²) in [5.74, 6) is 1.79. The number of rotatable bonds is 7. The van der Waals surface area contributed by atoms with Crippen molar-refractivity contribution in [2.75, 3.05) is 30.4 Å². The highest BCUT2D eigenvalue weighted by Gasteiger charge is 1.99. The number of hydrogen-bond donors (Lipinski definition) is 3. The standard InChI is InChI=1S/C15H24N4OS.HI/c1-4-16-15(17-8-9-21-3)18-11-13-6-5-7-14(10-13)19-12(2)20;/h5-7,10H,4,8-9,11H2,1-3H3,(H,19,20)(H2,16,17,18);1H. The Kier molecular flexibility index (Phi) is 12.0. The fourth-order valence-corrected chi connectivity index (χ4v) is 2.04. The fourth-order valence-electron chi connectivity index (χ4n) is 1.73. The Hall–Kier alpha value is -0.960. The van der Waals surface area contributed by atoms with Crippen molar-refractivity contribution in [3.8, 4) is 0 Å². The number of hydrogen-bond acceptors (Lipinski definition) is 3. The number of benzene rings is 1. The van der Waals surface area contributed by atoms with Crippen molar-refractivity contribution in [1.29, 1.82) is 0 Å². The second-order valence-corrected chi connectivity index (χ2v) is 5.48. The maximum atomic E-state index is 11.1. The maximum Gasteiger partial charge on any atom is 0.221 e. The summed E-state index contributed by atoms with van der Waals surface area (Å²) in [7, 11) is 0. The van der Waals surface area contributed by atoms with E-state index in [4.69, 9.17) is 0 Å². The molecule has 1 rings (SSSR count). The minimum absolute atomic E-state index is 0. The van der Waals surface area contributed by atoms with E-state index in [1.54, 1.807) is 11.8 Å². The molecule has 0 saturated heterocycles. The first-order valence-corrected chi connectivity index (χ1v) is 8.42. The highest BCUT2D eigenvalue weighted by atomic mass is 127. The number of guanidine groups is 1. The van der Waals surface area contributed by atoms with Crippen molar-refractivity contribution < 1.29 is 4.79 Å². The average Bonchev–Trinajstić information content (AvgIpc) is 2.44. The van der Waals surface area contributed by atoms with Crippen molar-refractivity contribution in [1.82, 2.24) is 10.6 Å². The molecule has 7 heteroatoms. The van der Waals surface area contributed by atoms with Crippen molar-refractivity contribution in [2.24, 2.45) is 4.99 Å². The van der Waals surface area contributed by atoms with Gasteiger partial charge in [-0.25, -0.2) is 4.99 Å². The largest absolute Gasteiger partial charge is 0.357 e. The van der Waals surface area contributed by atoms with Gasteiger partial charge in [-0.3, -0.25) is 4.79 Å². The van der Waals surface area contributed by atoms with E-state index in [1.165, 1.54) is 6.92 Å². The van der Waals surface area contributed by atoms with Crippen LogP contribution >= 0.6 is 35.7 Å². The molecule has 0 bridgehead atoms. The molecule has 0 aromatic heterocycles. The molecule has 0 radical (unpaired) electrons. The number of carbonyl (C=O) groups excluding carboxylic acids is 1. The van der Waals surface area contributed by atoms with Gasteiger partial charge in [0.05, 0.1) is 6.54 Å². The van der Waals surface area contributed by atoms with Crippen molar-refractivity contribution >= 4 is 53.3 Å². The predicted octanol–water partition coefficient (Wildman–Crippen LogP) is 2.68. The van der Waals surface area contributed by atoms with Gasteiger partial charge in [0.25, 0.3) is 0 Å². The van der Waals surface area contributed by atoms with E-state index >= 15 is 0 Å². The minimum Gasteiger partial charge on any atom is -0.357 e. The molecule has 22 heavy (non-hydrogen) atoms. The van der Waals surface area contributed by atoms with Gasteiger partial charge < -0.3 is 16.0 Å². The molecule has 0 heterocycles. The first-order chi connectivity index (χ1) is 10.2. The van der Waals surface area contributed by atoms with Crippen LogP contribution in [-0.2, 0) is 11.3 Å². The molecule has 5 nitrogen and oxygen atoms in total. The zero-order valence-electron chi connectivity index (χ0n) is 13.3. The summed E-state index contributed by atoms with van der Waals surface area (Å²) in [5, 5.41) is 9.28. The number of anilines is 1. The monoisotopic (exact) mass is 436 g/mol. The average molecular weight is 436 g/mol. The topological polar surface area (TPSA) is 65.5 Å². The van der Waals surface area contributed by atoms with Crippen LogP contribution in [0.15, 0.2) is 29.3 Å². The van der Waals surface area contributed by atoms with Gasteiger partial charge in [-0.15, -0.1) is 24.0 Å². The number of nitrogens with one attached hydrogen (secondary N) is 3. The van der Waals surface area contributed by atoms with E-state index < -0.39 is 0 Å². The summed E-state index contributed by atoms with van der Waals surface area (Å²) in [6.07, 6.45) is 2.08. The molecule has 124 valence electrons. The fraction of sp³-hybridized carbons (Fsp3) is 0.467. The Balaban J connectivity index is 0.00000441. The summed E-state index contributed by atoms with van der Waals surface area (Å²) in [6.45, 7) is 5.84. The number of amides is 1. The third-order valence-electron chi connectivity index (χ3n) is 2.61. The summed E-state index contributed by atoms with van der Waals surface area (Å²) in [6, 6.07) is 7.73. The van der Waals surface area contributed by atoms with Crippen LogP contribution in [0.2, 0.25) is 0 Å². The molecular weight excluding hydrogens is 411 g/mol. The molecule has 0 saturated carbocycles. The molecule has 0 aliphatic rings. The van der Waals surface area contributed by atoms with Crippen molar-refractivity contribution in [3.05, 3.63) is 29.8 Å². The zero-order valence-corrected chi connectivity index (χ0v) is 16.5. The zero-order chi connectivity index (χ0) is 15.5. The molecule has 0 spiro atoms. The number of carbonyl (C=O) groups is 1. The van der Waals surface area contributed by atoms with Gasteiger partial charge in [-0.05, 0) is 30.9 Å². The third kappa shape index (κ3) is 9.14. The van der Waals surface area contributed by atoms with Gasteiger partial charge in [-0.1, -0.05) is 12.1 Å². The van der Waals surface area contributed by atoms with Gasteiger partial charge in [0.15, 0.2) is 5.96 Å². The number of aliphatic imine (C=N–C) groups is 1. The first kappa shape index (κ1) is 21.0. The lowest BCUT2D eigenvalue weighted by molar-refractivity contribution is -0.114. The molecule has 3 N–H and O–H groups in total. The predicted molar refractivity (Wildman–Crippen MR) is 107 cm³/mol. The molecule has 1 amide bonds. The second-order valence-electron chi connectivity index (χ2n) is 4.50. The van der Waals surface area contributed by atoms with Crippen LogP contribution < -0.4 is 16.0 Å². The van der Waals surface area contributed by atoms with Crippen LogP contribution in [0.4, 0.5) is 5.69 Å². The molecule has 0 fully saturated rings. The van der Waals surface area contributed by atoms with Gasteiger partial charge in [0, 0.05) is 31.5 Å². The van der Waals surface area contributed by atoms with Gasteiger partial charge in [0.1, 0.15) is 0 Å². The summed E-state index contributed by atoms with van der Waals surface area (Å²) < 4.78 is 0. The van der Waals surface area contributed by atoms with Gasteiger partial charge in [-0.2, -0.15) is 11.8 Å². The molecule has 0 aliphatic heterocycles. The lowest BCUT2D eigenvalue weighted by Crippen LogP contribution is -2.38. The van der Waals surface area contributed by atoms with Gasteiger partial charge >= 0.3 is 0 Å². The maximum absolute atomic E-state index is 11.1. The van der Waals surface area contributed by atoms with Crippen molar-refractivity contribution in [2.45, 2.75) is 20.4 Å². The Morgan fingerprint density at radius 2 is 2.09 bits per heavy atom. The molecule has 1 aromatic rings. The molecule has 0 aliphatic carbocycles. The molecule has 0 unspecified atom stereocenters. The molecular formula is C15H25IN4OS. The Morgan fingerprint density at radius 1 is 1.32 bits per heavy atom. The van der Waals surface area contributed by atoms with Crippen LogP contribution in [0.3, 0.4) is 0 Å². The van der Waals surface area contributed by atoms with Gasteiger partial charge in [0.2, 0.25) is 5.91 Å². The van der Waals surface area contributed by atoms with Crippen molar-refractivity contribution in [3.63, 3.8) is 0 Å². The molecule has 0 atom stereocenters. The normalized spacial score (nSPS) is 10.6. The quantitative estimate of drug-likeness (QED) is 0.266. The summed E-state index contributed by atoms with van der Waals surface area (Å²) in [4.78, 5) is 15.6. The van der Waals surface area contributed by atoms with Crippen LogP contribution in [0.5, 0.6) is 0 Å². The van der Waals surface area contributed by atoms with E-state index in [2.05, 4.69) is 27.2 Å². The Bertz CT molecular complexity index is 482.